The highest BCUT2D eigenvalue weighted by atomic mass is 16.5. The Morgan fingerprint density at radius 2 is 2.22 bits per heavy atom. The normalized spacial score (nSPS) is 33.0. The Labute approximate surface area is 55.8 Å². The van der Waals surface area contributed by atoms with Crippen molar-refractivity contribution >= 4 is 0 Å². The third-order valence-electron chi connectivity index (χ3n) is 2.25. The van der Waals surface area contributed by atoms with Crippen molar-refractivity contribution in [1.29, 1.82) is 0 Å². The first-order valence-electron chi connectivity index (χ1n) is 3.63. The third kappa shape index (κ3) is 0.970. The molecule has 9 heavy (non-hydrogen) atoms. The molecule has 2 heteroatoms. The van der Waals surface area contributed by atoms with Crippen LogP contribution in [0.15, 0.2) is 0 Å². The van der Waals surface area contributed by atoms with E-state index in [1.165, 1.54) is 12.8 Å². The van der Waals surface area contributed by atoms with E-state index in [1.54, 1.807) is 0 Å². The Morgan fingerprint density at radius 1 is 1.44 bits per heavy atom. The van der Waals surface area contributed by atoms with E-state index in [1.807, 2.05) is 0 Å². The molecule has 0 N–H and O–H groups in total. The van der Waals surface area contributed by atoms with Crippen molar-refractivity contribution in [3.8, 4) is 0 Å². The van der Waals surface area contributed by atoms with Crippen LogP contribution < -0.4 is 0 Å². The van der Waals surface area contributed by atoms with Crippen LogP contribution in [0.25, 0.3) is 0 Å². The van der Waals surface area contributed by atoms with Gasteiger partial charge in [0.25, 0.3) is 0 Å². The van der Waals surface area contributed by atoms with Gasteiger partial charge in [-0.3, -0.25) is 0 Å². The zero-order valence-corrected chi connectivity index (χ0v) is 5.89. The van der Waals surface area contributed by atoms with Crippen molar-refractivity contribution in [2.24, 2.45) is 0 Å². The van der Waals surface area contributed by atoms with E-state index in [4.69, 9.17) is 4.74 Å². The Hall–Kier alpha value is -0.0800. The fourth-order valence-electron chi connectivity index (χ4n) is 1.48. The molecule has 52 valence electrons. The van der Waals surface area contributed by atoms with Crippen molar-refractivity contribution in [2.75, 3.05) is 26.7 Å². The Bertz CT molecular complexity index is 120. The monoisotopic (exact) mass is 127 g/mol. The molecule has 1 aliphatic heterocycles. The molecule has 1 saturated carbocycles. The molecule has 2 rings (SSSR count). The van der Waals surface area contributed by atoms with Crippen LogP contribution >= 0.6 is 0 Å². The molecule has 1 heterocycles. The summed E-state index contributed by atoms with van der Waals surface area (Å²) in [6, 6.07) is 0. The van der Waals surface area contributed by atoms with Crippen LogP contribution in [0, 0.1) is 0 Å². The van der Waals surface area contributed by atoms with Crippen LogP contribution in [0.5, 0.6) is 0 Å². The van der Waals surface area contributed by atoms with Crippen molar-refractivity contribution in [3.05, 3.63) is 0 Å². The summed E-state index contributed by atoms with van der Waals surface area (Å²) < 4.78 is 5.61. The molecule has 0 atom stereocenters. The summed E-state index contributed by atoms with van der Waals surface area (Å²) in [4.78, 5) is 2.36. The maximum absolute atomic E-state index is 5.61. The minimum Gasteiger partial charge on any atom is -0.372 e. The standard InChI is InChI=1S/C7H13NO/c1-8-4-5-9-7(6-8)2-3-7/h2-6H2,1H3. The summed E-state index contributed by atoms with van der Waals surface area (Å²) >= 11 is 0. The van der Waals surface area contributed by atoms with E-state index in [2.05, 4.69) is 11.9 Å². The summed E-state index contributed by atoms with van der Waals surface area (Å²) in [5.74, 6) is 0. The maximum atomic E-state index is 5.61. The summed E-state index contributed by atoms with van der Waals surface area (Å²) in [6.45, 7) is 3.21. The predicted molar refractivity (Wildman–Crippen MR) is 35.4 cm³/mol. The molecule has 2 nitrogen and oxygen atoms in total. The first-order chi connectivity index (χ1) is 4.31. The molecule has 1 saturated heterocycles. The molecular weight excluding hydrogens is 114 g/mol. The predicted octanol–water partition coefficient (Wildman–Crippen LogP) is 0.481. The number of ether oxygens (including phenoxy) is 1. The van der Waals surface area contributed by atoms with Crippen LogP contribution in [-0.4, -0.2) is 37.2 Å². The molecule has 0 aromatic heterocycles. The molecule has 0 aromatic carbocycles. The lowest BCUT2D eigenvalue weighted by atomic mass is 10.3. The number of nitrogens with zero attached hydrogens (tertiary/aromatic N) is 1. The average Bonchev–Trinajstić information content (AvgIpc) is 2.49. The fourth-order valence-corrected chi connectivity index (χ4v) is 1.48. The van der Waals surface area contributed by atoms with Crippen molar-refractivity contribution in [1.82, 2.24) is 4.90 Å². The van der Waals surface area contributed by atoms with E-state index in [0.29, 0.717) is 5.60 Å². The highest BCUT2D eigenvalue weighted by molar-refractivity contribution is 4.99. The van der Waals surface area contributed by atoms with E-state index in [9.17, 15) is 0 Å². The highest BCUT2D eigenvalue weighted by Gasteiger charge is 2.46. The van der Waals surface area contributed by atoms with Crippen LogP contribution in [0.2, 0.25) is 0 Å². The SMILES string of the molecule is CN1CCOC2(CC2)C1. The molecule has 0 amide bonds. The molecule has 2 fully saturated rings. The minimum absolute atomic E-state index is 0.326. The molecule has 0 bridgehead atoms. The van der Waals surface area contributed by atoms with Gasteiger partial charge in [-0.2, -0.15) is 0 Å². The van der Waals surface area contributed by atoms with Gasteiger partial charge in [0.15, 0.2) is 0 Å². The van der Waals surface area contributed by atoms with Gasteiger partial charge in [-0.1, -0.05) is 0 Å². The number of likely N-dealkylation sites (N-methyl/N-ethyl adjacent to an activating group) is 1. The van der Waals surface area contributed by atoms with Gasteiger partial charge in [0.2, 0.25) is 0 Å². The number of hydrogen-bond acceptors (Lipinski definition) is 2. The first-order valence-corrected chi connectivity index (χ1v) is 3.63. The van der Waals surface area contributed by atoms with Gasteiger partial charge in [0.05, 0.1) is 12.2 Å². The lowest BCUT2D eigenvalue weighted by molar-refractivity contribution is -0.0374. The molecular formula is C7H13NO. The molecule has 1 aliphatic carbocycles. The molecule has 2 aliphatic rings. The van der Waals surface area contributed by atoms with E-state index >= 15 is 0 Å². The lowest BCUT2D eigenvalue weighted by Gasteiger charge is -2.29. The van der Waals surface area contributed by atoms with Gasteiger partial charge in [-0.25, -0.2) is 0 Å². The Morgan fingerprint density at radius 3 is 2.67 bits per heavy atom. The summed E-state index contributed by atoms with van der Waals surface area (Å²) in [5.41, 5.74) is 0.326. The fraction of sp³-hybridized carbons (Fsp3) is 1.00. The molecule has 0 unspecified atom stereocenters. The van der Waals surface area contributed by atoms with Gasteiger partial charge >= 0.3 is 0 Å². The zero-order chi connectivity index (χ0) is 6.32. The maximum Gasteiger partial charge on any atom is 0.0811 e. The minimum atomic E-state index is 0.326. The van der Waals surface area contributed by atoms with E-state index in [0.717, 1.165) is 19.7 Å². The molecule has 0 radical (unpaired) electrons. The van der Waals surface area contributed by atoms with Crippen LogP contribution in [0.4, 0.5) is 0 Å². The van der Waals surface area contributed by atoms with Gasteiger partial charge in [-0.15, -0.1) is 0 Å². The van der Waals surface area contributed by atoms with Crippen molar-refractivity contribution in [2.45, 2.75) is 18.4 Å². The van der Waals surface area contributed by atoms with Gasteiger partial charge in [-0.05, 0) is 19.9 Å². The smallest absolute Gasteiger partial charge is 0.0811 e. The second kappa shape index (κ2) is 1.70. The molecule has 0 aromatic rings. The van der Waals surface area contributed by atoms with Gasteiger partial charge in [0, 0.05) is 13.1 Å². The summed E-state index contributed by atoms with van der Waals surface area (Å²) in [7, 11) is 2.17. The third-order valence-corrected chi connectivity index (χ3v) is 2.25. The Kier molecular flexibility index (Phi) is 1.08. The second-order valence-corrected chi connectivity index (χ2v) is 3.27. The van der Waals surface area contributed by atoms with E-state index in [-0.39, 0.29) is 0 Å². The second-order valence-electron chi connectivity index (χ2n) is 3.27. The number of morpholine rings is 1. The molecule has 1 spiro atoms. The van der Waals surface area contributed by atoms with Crippen LogP contribution in [0.3, 0.4) is 0 Å². The van der Waals surface area contributed by atoms with Crippen LogP contribution in [0.1, 0.15) is 12.8 Å². The van der Waals surface area contributed by atoms with Gasteiger partial charge in [0.1, 0.15) is 0 Å². The number of hydrogen-bond donors (Lipinski definition) is 0. The first kappa shape index (κ1) is 5.69. The highest BCUT2D eigenvalue weighted by Crippen LogP contribution is 2.41. The largest absolute Gasteiger partial charge is 0.372 e. The topological polar surface area (TPSA) is 12.5 Å². The summed E-state index contributed by atoms with van der Waals surface area (Å²) in [6.07, 6.45) is 2.58. The van der Waals surface area contributed by atoms with Crippen molar-refractivity contribution in [3.63, 3.8) is 0 Å². The van der Waals surface area contributed by atoms with E-state index < -0.39 is 0 Å². The van der Waals surface area contributed by atoms with Crippen LogP contribution in [-0.2, 0) is 4.74 Å². The average molecular weight is 127 g/mol. The number of rotatable bonds is 0. The van der Waals surface area contributed by atoms with Crippen molar-refractivity contribution < 1.29 is 4.74 Å². The van der Waals surface area contributed by atoms with Gasteiger partial charge < -0.3 is 9.64 Å². The zero-order valence-electron chi connectivity index (χ0n) is 5.89. The summed E-state index contributed by atoms with van der Waals surface area (Å²) in [5, 5.41) is 0. The Balaban J connectivity index is 1.96. The quantitative estimate of drug-likeness (QED) is 0.469. The lowest BCUT2D eigenvalue weighted by Crippen LogP contribution is -2.41.